The fourth-order valence-corrected chi connectivity index (χ4v) is 2.81. The quantitative estimate of drug-likeness (QED) is 0.848. The van der Waals surface area contributed by atoms with E-state index >= 15 is 0 Å². The number of hydrogen-bond donors (Lipinski definition) is 1. The predicted molar refractivity (Wildman–Crippen MR) is 82.4 cm³/mol. The first-order valence-electron chi connectivity index (χ1n) is 6.62. The van der Waals surface area contributed by atoms with Crippen molar-refractivity contribution in [1.29, 1.82) is 0 Å². The highest BCUT2D eigenvalue weighted by Crippen LogP contribution is 2.38. The van der Waals surface area contributed by atoms with Crippen molar-refractivity contribution < 1.29 is 5.11 Å². The molecule has 0 fully saturated rings. The lowest BCUT2D eigenvalue weighted by molar-refractivity contribution is 0.114. The Morgan fingerprint density at radius 1 is 1.37 bits per heavy atom. The van der Waals surface area contributed by atoms with Crippen LogP contribution < -0.4 is 0 Å². The van der Waals surface area contributed by atoms with Gasteiger partial charge in [-0.3, -0.25) is 0 Å². The molecule has 102 valence electrons. The molecule has 0 heterocycles. The SMILES string of the molecule is C=C1C=Cc2cc(Cl)c(C)cc2CC1C(C)(C)CO. The van der Waals surface area contributed by atoms with Crippen molar-refractivity contribution in [2.24, 2.45) is 11.3 Å². The van der Waals surface area contributed by atoms with Crippen LogP contribution in [0.2, 0.25) is 5.02 Å². The summed E-state index contributed by atoms with van der Waals surface area (Å²) >= 11 is 6.19. The van der Waals surface area contributed by atoms with Crippen LogP contribution in [0.5, 0.6) is 0 Å². The summed E-state index contributed by atoms with van der Waals surface area (Å²) in [5.74, 6) is 0.246. The maximum absolute atomic E-state index is 9.62. The molecule has 0 amide bonds. The van der Waals surface area contributed by atoms with Gasteiger partial charge in [-0.2, -0.15) is 0 Å². The highest BCUT2D eigenvalue weighted by atomic mass is 35.5. The molecular formula is C17H21ClO. The van der Waals surface area contributed by atoms with E-state index in [4.69, 9.17) is 11.6 Å². The molecule has 19 heavy (non-hydrogen) atoms. The second-order valence-corrected chi connectivity index (χ2v) is 6.52. The number of benzene rings is 1. The Hall–Kier alpha value is -1.05. The molecule has 0 saturated heterocycles. The van der Waals surface area contributed by atoms with Crippen LogP contribution >= 0.6 is 11.6 Å². The normalized spacial score (nSPS) is 19.2. The third kappa shape index (κ3) is 2.77. The van der Waals surface area contributed by atoms with Crippen LogP contribution in [0.25, 0.3) is 6.08 Å². The van der Waals surface area contributed by atoms with Gasteiger partial charge in [-0.05, 0) is 47.4 Å². The minimum Gasteiger partial charge on any atom is -0.396 e. The van der Waals surface area contributed by atoms with E-state index in [2.05, 4.69) is 38.6 Å². The summed E-state index contributed by atoms with van der Waals surface area (Å²) in [5, 5.41) is 10.4. The van der Waals surface area contributed by atoms with Gasteiger partial charge in [0.15, 0.2) is 0 Å². The fraction of sp³-hybridized carbons (Fsp3) is 0.412. The molecule has 1 aliphatic carbocycles. The third-order valence-electron chi connectivity index (χ3n) is 4.12. The van der Waals surface area contributed by atoms with Crippen molar-refractivity contribution in [3.05, 3.63) is 52.1 Å². The van der Waals surface area contributed by atoms with E-state index in [1.54, 1.807) is 0 Å². The Labute approximate surface area is 120 Å². The summed E-state index contributed by atoms with van der Waals surface area (Å²) in [6.45, 7) is 10.5. The maximum Gasteiger partial charge on any atom is 0.0488 e. The molecular weight excluding hydrogens is 256 g/mol. The first kappa shape index (κ1) is 14.4. The third-order valence-corrected chi connectivity index (χ3v) is 4.53. The van der Waals surface area contributed by atoms with Crippen molar-refractivity contribution in [2.75, 3.05) is 6.61 Å². The van der Waals surface area contributed by atoms with E-state index in [0.717, 1.165) is 28.1 Å². The van der Waals surface area contributed by atoms with Crippen LogP contribution in [0.15, 0.2) is 30.4 Å². The molecule has 1 atom stereocenters. The maximum atomic E-state index is 9.62. The van der Waals surface area contributed by atoms with Crippen molar-refractivity contribution in [3.63, 3.8) is 0 Å². The van der Waals surface area contributed by atoms with Crippen LogP contribution in [0.3, 0.4) is 0 Å². The van der Waals surface area contributed by atoms with Gasteiger partial charge in [0.1, 0.15) is 0 Å². The number of allylic oxidation sites excluding steroid dienone is 2. The highest BCUT2D eigenvalue weighted by Gasteiger charge is 2.31. The molecule has 0 bridgehead atoms. The number of aliphatic hydroxyl groups excluding tert-OH is 1. The minimum absolute atomic E-state index is 0.159. The van der Waals surface area contributed by atoms with Gasteiger partial charge in [-0.15, -0.1) is 0 Å². The van der Waals surface area contributed by atoms with E-state index in [9.17, 15) is 5.11 Å². The average molecular weight is 277 g/mol. The minimum atomic E-state index is -0.170. The van der Waals surface area contributed by atoms with Crippen molar-refractivity contribution in [2.45, 2.75) is 27.2 Å². The zero-order chi connectivity index (χ0) is 14.2. The number of aliphatic hydroxyl groups is 1. The number of fused-ring (bicyclic) bond motifs is 1. The summed E-state index contributed by atoms with van der Waals surface area (Å²) in [6.07, 6.45) is 5.03. The smallest absolute Gasteiger partial charge is 0.0488 e. The molecule has 1 aromatic carbocycles. The Balaban J connectivity index is 2.47. The predicted octanol–water partition coefficient (Wildman–Crippen LogP) is 4.41. The molecule has 0 saturated carbocycles. The van der Waals surface area contributed by atoms with E-state index < -0.39 is 0 Å². The molecule has 2 heteroatoms. The molecule has 0 aliphatic heterocycles. The van der Waals surface area contributed by atoms with Gasteiger partial charge in [-0.1, -0.05) is 55.8 Å². The Kier molecular flexibility index (Phi) is 3.89. The fourth-order valence-electron chi connectivity index (χ4n) is 2.64. The first-order valence-corrected chi connectivity index (χ1v) is 6.99. The van der Waals surface area contributed by atoms with E-state index in [0.29, 0.717) is 0 Å². The lowest BCUT2D eigenvalue weighted by atomic mass is 9.73. The number of hydrogen-bond acceptors (Lipinski definition) is 1. The summed E-state index contributed by atoms with van der Waals surface area (Å²) < 4.78 is 0. The van der Waals surface area contributed by atoms with Crippen LogP contribution in [-0.4, -0.2) is 11.7 Å². The second kappa shape index (κ2) is 5.15. The van der Waals surface area contributed by atoms with Crippen LogP contribution in [0.4, 0.5) is 0 Å². The zero-order valence-electron chi connectivity index (χ0n) is 11.8. The Bertz CT molecular complexity index is 540. The summed E-state index contributed by atoms with van der Waals surface area (Å²) in [6, 6.07) is 4.17. The monoisotopic (exact) mass is 276 g/mol. The number of rotatable bonds is 2. The van der Waals surface area contributed by atoms with Crippen LogP contribution in [-0.2, 0) is 6.42 Å². The zero-order valence-corrected chi connectivity index (χ0v) is 12.6. The lowest BCUT2D eigenvalue weighted by Crippen LogP contribution is -2.30. The van der Waals surface area contributed by atoms with E-state index in [1.807, 2.05) is 13.0 Å². The van der Waals surface area contributed by atoms with Gasteiger partial charge in [0, 0.05) is 11.6 Å². The van der Waals surface area contributed by atoms with E-state index in [-0.39, 0.29) is 17.9 Å². The number of aryl methyl sites for hydroxylation is 1. The molecule has 1 aliphatic rings. The van der Waals surface area contributed by atoms with Crippen LogP contribution in [0, 0.1) is 18.3 Å². The highest BCUT2D eigenvalue weighted by molar-refractivity contribution is 6.31. The molecule has 0 radical (unpaired) electrons. The summed E-state index contributed by atoms with van der Waals surface area (Å²) in [5.41, 5.74) is 4.44. The van der Waals surface area contributed by atoms with Crippen molar-refractivity contribution in [1.82, 2.24) is 0 Å². The van der Waals surface area contributed by atoms with Gasteiger partial charge in [-0.25, -0.2) is 0 Å². The van der Waals surface area contributed by atoms with Crippen molar-refractivity contribution in [3.8, 4) is 0 Å². The summed E-state index contributed by atoms with van der Waals surface area (Å²) in [4.78, 5) is 0. The van der Waals surface area contributed by atoms with Gasteiger partial charge in [0.25, 0.3) is 0 Å². The second-order valence-electron chi connectivity index (χ2n) is 6.11. The Morgan fingerprint density at radius 2 is 2.05 bits per heavy atom. The summed E-state index contributed by atoms with van der Waals surface area (Å²) in [7, 11) is 0. The largest absolute Gasteiger partial charge is 0.396 e. The van der Waals surface area contributed by atoms with Gasteiger partial charge in [0.2, 0.25) is 0 Å². The lowest BCUT2D eigenvalue weighted by Gasteiger charge is -2.33. The molecule has 1 aromatic rings. The molecule has 2 rings (SSSR count). The van der Waals surface area contributed by atoms with Gasteiger partial charge >= 0.3 is 0 Å². The van der Waals surface area contributed by atoms with Crippen LogP contribution in [0.1, 0.15) is 30.5 Å². The van der Waals surface area contributed by atoms with Gasteiger partial charge < -0.3 is 5.11 Å². The van der Waals surface area contributed by atoms with Gasteiger partial charge in [0.05, 0.1) is 0 Å². The standard InChI is InChI=1S/C17H21ClO/c1-11-5-6-13-9-16(18)12(2)7-14(13)8-15(11)17(3,4)10-19/h5-7,9,15,19H,1,8,10H2,2-4H3. The molecule has 1 unspecified atom stereocenters. The Morgan fingerprint density at radius 3 is 2.68 bits per heavy atom. The first-order chi connectivity index (χ1) is 8.85. The molecule has 0 spiro atoms. The number of halogens is 1. The van der Waals surface area contributed by atoms with Crippen molar-refractivity contribution >= 4 is 17.7 Å². The average Bonchev–Trinajstić information content (AvgIpc) is 2.51. The molecule has 1 N–H and O–H groups in total. The molecule has 0 aromatic heterocycles. The topological polar surface area (TPSA) is 20.2 Å². The molecule has 1 nitrogen and oxygen atoms in total. The van der Waals surface area contributed by atoms with E-state index in [1.165, 1.54) is 5.56 Å².